The number of carbonyl (C=O) groups is 3. The fourth-order valence-corrected chi connectivity index (χ4v) is 3.18. The third-order valence-corrected chi connectivity index (χ3v) is 4.67. The minimum Gasteiger partial charge on any atom is -0.467 e. The Balaban J connectivity index is 2.63. The lowest BCUT2D eigenvalue weighted by molar-refractivity contribution is -0.145. The van der Waals surface area contributed by atoms with Crippen molar-refractivity contribution in [3.05, 3.63) is 20.8 Å². The van der Waals surface area contributed by atoms with Crippen molar-refractivity contribution in [1.82, 2.24) is 10.6 Å². The lowest BCUT2D eigenvalue weighted by Gasteiger charge is -2.21. The summed E-state index contributed by atoms with van der Waals surface area (Å²) in [4.78, 5) is 36.4. The Bertz CT molecular complexity index is 574. The number of halogens is 1. The summed E-state index contributed by atoms with van der Waals surface area (Å²) in [5, 5.41) is 5.24. The molecule has 1 aromatic heterocycles. The Kier molecular flexibility index (Phi) is 7.70. The zero-order chi connectivity index (χ0) is 17.6. The van der Waals surface area contributed by atoms with E-state index in [9.17, 15) is 14.4 Å². The van der Waals surface area contributed by atoms with Crippen LogP contribution in [0.15, 0.2) is 15.9 Å². The molecule has 0 saturated heterocycles. The average molecular weight is 405 g/mol. The van der Waals surface area contributed by atoms with Gasteiger partial charge in [-0.25, -0.2) is 4.79 Å². The molecule has 128 valence electrons. The first-order chi connectivity index (χ1) is 10.7. The molecule has 0 aliphatic heterocycles. The number of nitrogens with one attached hydrogen (secondary N) is 2. The molecule has 2 atom stereocenters. The van der Waals surface area contributed by atoms with Gasteiger partial charge in [-0.1, -0.05) is 13.8 Å². The van der Waals surface area contributed by atoms with Crippen molar-refractivity contribution in [2.24, 2.45) is 5.92 Å². The lowest BCUT2D eigenvalue weighted by Crippen LogP contribution is -2.50. The van der Waals surface area contributed by atoms with Crippen molar-refractivity contribution in [1.29, 1.82) is 0 Å². The molecular weight excluding hydrogens is 384 g/mol. The van der Waals surface area contributed by atoms with Crippen LogP contribution in [0.2, 0.25) is 0 Å². The molecule has 0 spiro atoms. The molecule has 8 heteroatoms. The van der Waals surface area contributed by atoms with Crippen molar-refractivity contribution >= 4 is 45.1 Å². The Morgan fingerprint density at radius 1 is 1.22 bits per heavy atom. The van der Waals surface area contributed by atoms with E-state index < -0.39 is 24.0 Å². The zero-order valence-corrected chi connectivity index (χ0v) is 15.9. The molecule has 2 unspecified atom stereocenters. The van der Waals surface area contributed by atoms with Crippen molar-refractivity contribution in [2.45, 2.75) is 39.3 Å². The van der Waals surface area contributed by atoms with Crippen molar-refractivity contribution in [2.75, 3.05) is 7.11 Å². The summed E-state index contributed by atoms with van der Waals surface area (Å²) in [7, 11) is 1.28. The van der Waals surface area contributed by atoms with Gasteiger partial charge in [0.05, 0.1) is 15.8 Å². The molecule has 1 heterocycles. The van der Waals surface area contributed by atoms with E-state index in [1.807, 2.05) is 13.8 Å². The molecule has 0 fully saturated rings. The molecule has 1 aromatic rings. The van der Waals surface area contributed by atoms with E-state index in [4.69, 9.17) is 4.74 Å². The van der Waals surface area contributed by atoms with E-state index in [0.717, 1.165) is 3.79 Å². The van der Waals surface area contributed by atoms with Gasteiger partial charge in [-0.15, -0.1) is 11.3 Å². The number of rotatable bonds is 7. The van der Waals surface area contributed by atoms with E-state index >= 15 is 0 Å². The van der Waals surface area contributed by atoms with E-state index in [1.165, 1.54) is 18.4 Å². The summed E-state index contributed by atoms with van der Waals surface area (Å²) in [6, 6.07) is 1.95. The molecule has 6 nitrogen and oxygen atoms in total. The number of esters is 1. The highest BCUT2D eigenvalue weighted by molar-refractivity contribution is 9.11. The van der Waals surface area contributed by atoms with Crippen LogP contribution in [0.4, 0.5) is 0 Å². The number of methoxy groups -OCH3 is 1. The highest BCUT2D eigenvalue weighted by atomic mass is 79.9. The van der Waals surface area contributed by atoms with Crippen LogP contribution in [0.5, 0.6) is 0 Å². The number of carbonyl (C=O) groups excluding carboxylic acids is 3. The van der Waals surface area contributed by atoms with Gasteiger partial charge in [0.2, 0.25) is 5.91 Å². The van der Waals surface area contributed by atoms with Crippen LogP contribution in [-0.2, 0) is 14.3 Å². The van der Waals surface area contributed by atoms with Crippen LogP contribution in [-0.4, -0.2) is 37.0 Å². The van der Waals surface area contributed by atoms with Gasteiger partial charge in [-0.3, -0.25) is 9.59 Å². The number of hydrogen-bond acceptors (Lipinski definition) is 5. The predicted molar refractivity (Wildman–Crippen MR) is 92.3 cm³/mol. The van der Waals surface area contributed by atoms with Crippen LogP contribution >= 0.6 is 27.3 Å². The molecule has 0 aliphatic carbocycles. The van der Waals surface area contributed by atoms with Crippen LogP contribution in [0.1, 0.15) is 36.9 Å². The van der Waals surface area contributed by atoms with Crippen LogP contribution in [0, 0.1) is 5.92 Å². The van der Waals surface area contributed by atoms with Gasteiger partial charge in [0.15, 0.2) is 0 Å². The normalized spacial score (nSPS) is 13.3. The fourth-order valence-electron chi connectivity index (χ4n) is 1.89. The van der Waals surface area contributed by atoms with Crippen LogP contribution < -0.4 is 10.6 Å². The predicted octanol–water partition coefficient (Wildman–Crippen LogP) is 2.33. The average Bonchev–Trinajstić information content (AvgIpc) is 2.91. The molecule has 23 heavy (non-hydrogen) atoms. The molecule has 0 radical (unpaired) electrons. The highest BCUT2D eigenvalue weighted by Crippen LogP contribution is 2.21. The molecule has 0 aromatic carbocycles. The molecule has 0 aliphatic rings. The minimum absolute atomic E-state index is 0.216. The third-order valence-electron chi connectivity index (χ3n) is 3.05. The Morgan fingerprint density at radius 3 is 2.35 bits per heavy atom. The summed E-state index contributed by atoms with van der Waals surface area (Å²) in [6.45, 7) is 5.46. The quantitative estimate of drug-likeness (QED) is 0.682. The number of thiophene rings is 1. The number of ether oxygens (including phenoxy) is 1. The van der Waals surface area contributed by atoms with Gasteiger partial charge in [-0.2, -0.15) is 0 Å². The summed E-state index contributed by atoms with van der Waals surface area (Å²) in [5.41, 5.74) is 0. The maximum atomic E-state index is 12.2. The minimum atomic E-state index is -0.761. The maximum Gasteiger partial charge on any atom is 0.328 e. The van der Waals surface area contributed by atoms with Gasteiger partial charge >= 0.3 is 5.97 Å². The summed E-state index contributed by atoms with van der Waals surface area (Å²) < 4.78 is 5.54. The second kappa shape index (κ2) is 9.02. The summed E-state index contributed by atoms with van der Waals surface area (Å²) in [6.07, 6.45) is 0.469. The lowest BCUT2D eigenvalue weighted by atomic mass is 10.0. The topological polar surface area (TPSA) is 84.5 Å². The second-order valence-electron chi connectivity index (χ2n) is 5.51. The Morgan fingerprint density at radius 2 is 1.87 bits per heavy atom. The van der Waals surface area contributed by atoms with E-state index in [1.54, 1.807) is 19.1 Å². The molecule has 2 amide bonds. The van der Waals surface area contributed by atoms with E-state index in [-0.39, 0.29) is 11.8 Å². The molecular formula is C15H21BrN2O4S. The first-order valence-electron chi connectivity index (χ1n) is 7.19. The SMILES string of the molecule is COC(=O)C(CC(C)C)NC(=O)C(C)NC(=O)c1ccc(Br)s1. The maximum absolute atomic E-state index is 12.2. The first kappa shape index (κ1) is 19.6. The number of amides is 2. The van der Waals surface area contributed by atoms with Gasteiger partial charge in [0, 0.05) is 0 Å². The van der Waals surface area contributed by atoms with Gasteiger partial charge in [0.25, 0.3) is 5.91 Å². The standard InChI is InChI=1S/C15H21BrN2O4S/c1-8(2)7-10(15(21)22-4)18-13(19)9(3)17-14(20)11-5-6-12(16)23-11/h5-6,8-10H,7H2,1-4H3,(H,17,20)(H,18,19). The monoisotopic (exact) mass is 404 g/mol. The highest BCUT2D eigenvalue weighted by Gasteiger charge is 2.26. The first-order valence-corrected chi connectivity index (χ1v) is 8.80. The fraction of sp³-hybridized carbons (Fsp3) is 0.533. The largest absolute Gasteiger partial charge is 0.467 e. The van der Waals surface area contributed by atoms with E-state index in [2.05, 4.69) is 26.6 Å². The Hall–Kier alpha value is -1.41. The Labute approximate surface area is 148 Å². The van der Waals surface area contributed by atoms with Crippen molar-refractivity contribution < 1.29 is 19.1 Å². The summed E-state index contributed by atoms with van der Waals surface area (Å²) in [5.74, 6) is -1.03. The second-order valence-corrected chi connectivity index (χ2v) is 7.98. The number of hydrogen-bond donors (Lipinski definition) is 2. The zero-order valence-electron chi connectivity index (χ0n) is 13.5. The van der Waals surface area contributed by atoms with Gasteiger partial charge in [-0.05, 0) is 47.3 Å². The van der Waals surface area contributed by atoms with Crippen LogP contribution in [0.25, 0.3) is 0 Å². The van der Waals surface area contributed by atoms with Gasteiger partial charge in [0.1, 0.15) is 12.1 Å². The van der Waals surface area contributed by atoms with E-state index in [0.29, 0.717) is 11.3 Å². The molecule has 1 rings (SSSR count). The van der Waals surface area contributed by atoms with Crippen LogP contribution in [0.3, 0.4) is 0 Å². The molecule has 0 saturated carbocycles. The van der Waals surface area contributed by atoms with Crippen molar-refractivity contribution in [3.63, 3.8) is 0 Å². The smallest absolute Gasteiger partial charge is 0.328 e. The summed E-state index contributed by atoms with van der Waals surface area (Å²) >= 11 is 4.56. The molecule has 0 bridgehead atoms. The molecule has 2 N–H and O–H groups in total. The third kappa shape index (κ3) is 6.31. The van der Waals surface area contributed by atoms with Crippen molar-refractivity contribution in [3.8, 4) is 0 Å². The van der Waals surface area contributed by atoms with Gasteiger partial charge < -0.3 is 15.4 Å².